The van der Waals surface area contributed by atoms with Crippen LogP contribution in [0.4, 0.5) is 0 Å². The van der Waals surface area contributed by atoms with E-state index in [0.717, 1.165) is 41.5 Å². The fraction of sp³-hybridized carbons (Fsp3) is 0.385. The molecule has 1 aliphatic heterocycles. The van der Waals surface area contributed by atoms with E-state index >= 15 is 0 Å². The number of pyridine rings is 1. The van der Waals surface area contributed by atoms with Crippen LogP contribution in [0.1, 0.15) is 48.1 Å². The molecule has 2 heterocycles. The van der Waals surface area contributed by atoms with Crippen molar-refractivity contribution in [2.75, 3.05) is 13.2 Å². The molecule has 5 nitrogen and oxygen atoms in total. The van der Waals surface area contributed by atoms with E-state index in [0.29, 0.717) is 23.8 Å². The third-order valence-corrected chi connectivity index (χ3v) is 6.63. The predicted molar refractivity (Wildman–Crippen MR) is 134 cm³/mol. The van der Waals surface area contributed by atoms with Crippen LogP contribution in [-0.4, -0.2) is 34.3 Å². The number of hydrogen-bond donors (Lipinski definition) is 2. The molecule has 0 bridgehead atoms. The van der Waals surface area contributed by atoms with Gasteiger partial charge in [-0.2, -0.15) is 0 Å². The first-order valence-corrected chi connectivity index (χ1v) is 11.7. The summed E-state index contributed by atoms with van der Waals surface area (Å²) in [6.45, 7) is 8.07. The molecule has 0 radical (unpaired) electrons. The summed E-state index contributed by atoms with van der Waals surface area (Å²) in [6.07, 6.45) is 2.21. The van der Waals surface area contributed by atoms with Crippen LogP contribution in [0.2, 0.25) is 0 Å². The summed E-state index contributed by atoms with van der Waals surface area (Å²) < 4.78 is 5.88. The number of aromatic amines is 1. The second-order valence-corrected chi connectivity index (χ2v) is 9.10. The van der Waals surface area contributed by atoms with Crippen LogP contribution in [0.15, 0.2) is 53.3 Å². The molecular formula is C26H31N3O2S. The molecule has 2 atom stereocenters. The molecule has 1 aliphatic rings. The lowest BCUT2D eigenvalue weighted by atomic mass is 10.0. The molecule has 1 saturated heterocycles. The summed E-state index contributed by atoms with van der Waals surface area (Å²) in [5.74, 6) is 0. The maximum absolute atomic E-state index is 13.0. The Kier molecular flexibility index (Phi) is 6.92. The lowest BCUT2D eigenvalue weighted by Gasteiger charge is -2.30. The molecule has 168 valence electrons. The van der Waals surface area contributed by atoms with Gasteiger partial charge in [-0.15, -0.1) is 0 Å². The molecule has 4 rings (SSSR count). The summed E-state index contributed by atoms with van der Waals surface area (Å²) in [6, 6.07) is 16.5. The van der Waals surface area contributed by atoms with Crippen LogP contribution in [0.3, 0.4) is 0 Å². The number of hydrogen-bond acceptors (Lipinski definition) is 3. The highest BCUT2D eigenvalue weighted by Crippen LogP contribution is 2.21. The van der Waals surface area contributed by atoms with Gasteiger partial charge in [-0.05, 0) is 68.6 Å². The summed E-state index contributed by atoms with van der Waals surface area (Å²) in [7, 11) is 0. The van der Waals surface area contributed by atoms with Crippen molar-refractivity contribution >= 4 is 28.2 Å². The standard InChI is InChI=1S/C26H31N3O2S/c1-17-11-12-18(2)24-23(17)14-21(25(30)28-24)15-29(16-22-10-7-13-31-22)26(32)27-19(3)20-8-5-4-6-9-20/h4-6,8-9,11-12,14,19,22H,7,10,13,15-16H2,1-3H3,(H,27,32)(H,28,30)/t19-,22-/m1/s1. The second-order valence-electron chi connectivity index (χ2n) is 8.71. The summed E-state index contributed by atoms with van der Waals surface area (Å²) >= 11 is 5.82. The third-order valence-electron chi connectivity index (χ3n) is 6.26. The van der Waals surface area contributed by atoms with Crippen molar-refractivity contribution in [2.24, 2.45) is 0 Å². The Morgan fingerprint density at radius 2 is 1.97 bits per heavy atom. The SMILES string of the molecule is Cc1ccc(C)c2[nH]c(=O)c(CN(C[C@H]3CCCO3)C(=S)N[C@H](C)c3ccccc3)cc12. The summed E-state index contributed by atoms with van der Waals surface area (Å²) in [4.78, 5) is 18.1. The van der Waals surface area contributed by atoms with E-state index in [1.165, 1.54) is 5.56 Å². The Bertz CT molecular complexity index is 1150. The normalized spacial score (nSPS) is 16.8. The average molecular weight is 450 g/mol. The second kappa shape index (κ2) is 9.84. The van der Waals surface area contributed by atoms with Crippen LogP contribution in [0.5, 0.6) is 0 Å². The van der Waals surface area contributed by atoms with Crippen LogP contribution >= 0.6 is 12.2 Å². The van der Waals surface area contributed by atoms with Crippen molar-refractivity contribution < 1.29 is 4.74 Å². The van der Waals surface area contributed by atoms with E-state index in [1.807, 2.05) is 37.3 Å². The van der Waals surface area contributed by atoms with Gasteiger partial charge in [0.1, 0.15) is 0 Å². The van der Waals surface area contributed by atoms with Crippen molar-refractivity contribution in [3.05, 3.63) is 81.1 Å². The molecule has 1 aromatic heterocycles. The number of thiocarbonyl (C=S) groups is 1. The van der Waals surface area contributed by atoms with E-state index in [1.54, 1.807) is 0 Å². The average Bonchev–Trinajstić information content (AvgIpc) is 3.30. The molecule has 3 aromatic rings. The van der Waals surface area contributed by atoms with Gasteiger partial charge in [-0.1, -0.05) is 42.5 Å². The first-order chi connectivity index (χ1) is 15.4. The number of H-pyrrole nitrogens is 1. The molecule has 0 unspecified atom stereocenters. The topological polar surface area (TPSA) is 57.4 Å². The molecule has 2 aromatic carbocycles. The Morgan fingerprint density at radius 1 is 1.22 bits per heavy atom. The van der Waals surface area contributed by atoms with Gasteiger partial charge in [0.2, 0.25) is 0 Å². The van der Waals surface area contributed by atoms with E-state index in [4.69, 9.17) is 17.0 Å². The largest absolute Gasteiger partial charge is 0.376 e. The van der Waals surface area contributed by atoms with E-state index in [2.05, 4.69) is 47.2 Å². The van der Waals surface area contributed by atoms with Gasteiger partial charge in [-0.25, -0.2) is 0 Å². The number of aromatic nitrogens is 1. The number of benzene rings is 2. The number of nitrogens with zero attached hydrogens (tertiary/aromatic N) is 1. The van der Waals surface area contributed by atoms with Crippen LogP contribution in [-0.2, 0) is 11.3 Å². The van der Waals surface area contributed by atoms with E-state index in [9.17, 15) is 4.79 Å². The van der Waals surface area contributed by atoms with Gasteiger partial charge in [-0.3, -0.25) is 4.79 Å². The van der Waals surface area contributed by atoms with Gasteiger partial charge in [0, 0.05) is 24.1 Å². The zero-order chi connectivity index (χ0) is 22.7. The quantitative estimate of drug-likeness (QED) is 0.532. The molecule has 0 amide bonds. The van der Waals surface area contributed by atoms with Gasteiger partial charge in [0.25, 0.3) is 5.56 Å². The molecule has 6 heteroatoms. The zero-order valence-electron chi connectivity index (χ0n) is 19.0. The maximum atomic E-state index is 13.0. The number of ether oxygens (including phenoxy) is 1. The third kappa shape index (κ3) is 5.03. The minimum absolute atomic E-state index is 0.0653. The van der Waals surface area contributed by atoms with Gasteiger partial charge in [0.15, 0.2) is 5.11 Å². The first-order valence-electron chi connectivity index (χ1n) is 11.3. The minimum atomic E-state index is -0.0672. The Morgan fingerprint density at radius 3 is 2.69 bits per heavy atom. The number of nitrogens with one attached hydrogen (secondary N) is 2. The molecule has 2 N–H and O–H groups in total. The van der Waals surface area contributed by atoms with Gasteiger partial charge >= 0.3 is 0 Å². The molecule has 32 heavy (non-hydrogen) atoms. The maximum Gasteiger partial charge on any atom is 0.253 e. The molecule has 0 aliphatic carbocycles. The Labute approximate surface area is 194 Å². The molecule has 0 saturated carbocycles. The Balaban J connectivity index is 1.60. The van der Waals surface area contributed by atoms with Crippen molar-refractivity contribution in [1.82, 2.24) is 15.2 Å². The fourth-order valence-corrected chi connectivity index (χ4v) is 4.61. The van der Waals surface area contributed by atoms with Crippen LogP contribution < -0.4 is 10.9 Å². The predicted octanol–water partition coefficient (Wildman–Crippen LogP) is 4.76. The highest BCUT2D eigenvalue weighted by Gasteiger charge is 2.23. The van der Waals surface area contributed by atoms with E-state index < -0.39 is 0 Å². The lowest BCUT2D eigenvalue weighted by Crippen LogP contribution is -2.44. The molecular weight excluding hydrogens is 418 g/mol. The van der Waals surface area contributed by atoms with Crippen molar-refractivity contribution in [3.8, 4) is 0 Å². The van der Waals surface area contributed by atoms with Crippen molar-refractivity contribution in [1.29, 1.82) is 0 Å². The van der Waals surface area contributed by atoms with Gasteiger partial charge < -0.3 is 19.9 Å². The molecule has 0 spiro atoms. The number of fused-ring (bicyclic) bond motifs is 1. The lowest BCUT2D eigenvalue weighted by molar-refractivity contribution is 0.0895. The monoisotopic (exact) mass is 449 g/mol. The fourth-order valence-electron chi connectivity index (χ4n) is 4.30. The molecule has 1 fully saturated rings. The zero-order valence-corrected chi connectivity index (χ0v) is 19.8. The summed E-state index contributed by atoms with van der Waals surface area (Å²) in [5.41, 5.74) is 4.93. The Hall–Kier alpha value is -2.70. The van der Waals surface area contributed by atoms with E-state index in [-0.39, 0.29) is 17.7 Å². The number of rotatable bonds is 6. The van der Waals surface area contributed by atoms with Crippen LogP contribution in [0, 0.1) is 13.8 Å². The smallest absolute Gasteiger partial charge is 0.253 e. The minimum Gasteiger partial charge on any atom is -0.376 e. The highest BCUT2D eigenvalue weighted by molar-refractivity contribution is 7.80. The first kappa shape index (κ1) is 22.5. The highest BCUT2D eigenvalue weighted by atomic mass is 32.1. The summed E-state index contributed by atoms with van der Waals surface area (Å²) in [5, 5.41) is 5.17. The van der Waals surface area contributed by atoms with Crippen LogP contribution in [0.25, 0.3) is 10.9 Å². The van der Waals surface area contributed by atoms with Crippen molar-refractivity contribution in [3.63, 3.8) is 0 Å². The van der Waals surface area contributed by atoms with Gasteiger partial charge in [0.05, 0.1) is 24.2 Å². The number of aryl methyl sites for hydroxylation is 2. The van der Waals surface area contributed by atoms with Crippen molar-refractivity contribution in [2.45, 2.75) is 52.3 Å².